The van der Waals surface area contributed by atoms with Crippen LogP contribution < -0.4 is 15.9 Å². The number of carbonyl (C=O) groups is 1. The summed E-state index contributed by atoms with van der Waals surface area (Å²) < 4.78 is 5.70. The van der Waals surface area contributed by atoms with Gasteiger partial charge in [-0.25, -0.2) is 5.43 Å². The molecule has 3 N–H and O–H groups in total. The van der Waals surface area contributed by atoms with Gasteiger partial charge in [0, 0.05) is 5.69 Å². The van der Waals surface area contributed by atoms with E-state index in [1.165, 1.54) is 0 Å². The molecule has 0 saturated carbocycles. The van der Waals surface area contributed by atoms with Crippen LogP contribution in [0, 0.1) is 6.92 Å². The molecular weight excluding hydrogens is 314 g/mol. The van der Waals surface area contributed by atoms with Gasteiger partial charge in [0.2, 0.25) is 0 Å². The first kappa shape index (κ1) is 18.5. The number of rotatable bonds is 6. The van der Waals surface area contributed by atoms with Gasteiger partial charge in [-0.05, 0) is 54.7 Å². The molecule has 0 heterocycles. The van der Waals surface area contributed by atoms with Crippen molar-refractivity contribution in [1.82, 2.24) is 5.43 Å². The number of hydrogen-bond donors (Lipinski definition) is 2. The number of ether oxygens (including phenoxy) is 1. The van der Waals surface area contributed by atoms with Crippen molar-refractivity contribution in [3.05, 3.63) is 59.2 Å². The van der Waals surface area contributed by atoms with Gasteiger partial charge < -0.3 is 10.5 Å². The summed E-state index contributed by atoms with van der Waals surface area (Å²) in [6, 6.07) is 13.4. The van der Waals surface area contributed by atoms with E-state index in [2.05, 4.69) is 24.4 Å². The molecule has 5 heteroatoms. The van der Waals surface area contributed by atoms with Crippen LogP contribution in [-0.4, -0.2) is 18.2 Å². The van der Waals surface area contributed by atoms with Crippen LogP contribution in [0.5, 0.6) is 5.75 Å². The predicted octanol–water partition coefficient (Wildman–Crippen LogP) is 3.62. The number of anilines is 1. The molecule has 25 heavy (non-hydrogen) atoms. The van der Waals surface area contributed by atoms with Crippen molar-refractivity contribution in [1.29, 1.82) is 0 Å². The second-order valence-electron chi connectivity index (χ2n) is 6.34. The lowest BCUT2D eigenvalue weighted by Gasteiger charge is -2.14. The van der Waals surface area contributed by atoms with E-state index in [9.17, 15) is 4.79 Å². The Balaban J connectivity index is 1.97. The molecule has 0 aliphatic heterocycles. The number of hydrazone groups is 1. The number of aryl methyl sites for hydroxylation is 1. The zero-order chi connectivity index (χ0) is 18.4. The average molecular weight is 339 g/mol. The highest BCUT2D eigenvalue weighted by Gasteiger charge is 2.10. The third kappa shape index (κ3) is 5.35. The van der Waals surface area contributed by atoms with Crippen molar-refractivity contribution >= 4 is 17.3 Å². The van der Waals surface area contributed by atoms with Crippen LogP contribution in [0.2, 0.25) is 0 Å². The molecule has 0 saturated heterocycles. The van der Waals surface area contributed by atoms with Gasteiger partial charge in [-0.2, -0.15) is 5.10 Å². The SMILES string of the molecule is C/C(=N\NC(=O)COc1cc(C)ccc1C(C)C)c1cccc(N)c1. The number of benzene rings is 2. The quantitative estimate of drug-likeness (QED) is 0.479. The lowest BCUT2D eigenvalue weighted by molar-refractivity contribution is -0.123. The van der Waals surface area contributed by atoms with Gasteiger partial charge in [-0.15, -0.1) is 0 Å². The second-order valence-corrected chi connectivity index (χ2v) is 6.34. The molecule has 2 aromatic rings. The smallest absolute Gasteiger partial charge is 0.277 e. The Hall–Kier alpha value is -2.82. The standard InChI is InChI=1S/C20H25N3O2/c1-13(2)18-9-8-14(3)10-19(18)25-12-20(24)23-22-15(4)16-6-5-7-17(21)11-16/h5-11,13H,12,21H2,1-4H3,(H,23,24)/b22-15+. The largest absolute Gasteiger partial charge is 0.483 e. The van der Waals surface area contributed by atoms with Crippen LogP contribution >= 0.6 is 0 Å². The summed E-state index contributed by atoms with van der Waals surface area (Å²) in [5.74, 6) is 0.753. The Bertz CT molecular complexity index is 782. The Morgan fingerprint density at radius 1 is 1.24 bits per heavy atom. The molecule has 0 atom stereocenters. The van der Waals surface area contributed by atoms with Crippen molar-refractivity contribution in [2.45, 2.75) is 33.6 Å². The first-order valence-corrected chi connectivity index (χ1v) is 8.29. The number of nitrogen functional groups attached to an aromatic ring is 1. The number of hydrogen-bond acceptors (Lipinski definition) is 4. The molecule has 0 aliphatic carbocycles. The highest BCUT2D eigenvalue weighted by Crippen LogP contribution is 2.27. The zero-order valence-electron chi connectivity index (χ0n) is 15.2. The van der Waals surface area contributed by atoms with E-state index in [-0.39, 0.29) is 12.5 Å². The summed E-state index contributed by atoms with van der Waals surface area (Å²) in [5, 5.41) is 4.10. The van der Waals surface area contributed by atoms with Crippen LogP contribution in [-0.2, 0) is 4.79 Å². The summed E-state index contributed by atoms with van der Waals surface area (Å²) in [5.41, 5.74) is 12.6. The van der Waals surface area contributed by atoms with Crippen molar-refractivity contribution < 1.29 is 9.53 Å². The maximum Gasteiger partial charge on any atom is 0.277 e. The predicted molar refractivity (Wildman–Crippen MR) is 102 cm³/mol. The van der Waals surface area contributed by atoms with Gasteiger partial charge in [0.25, 0.3) is 5.91 Å². The molecule has 0 aromatic heterocycles. The van der Waals surface area contributed by atoms with Crippen molar-refractivity contribution in [2.24, 2.45) is 5.10 Å². The van der Waals surface area contributed by atoms with E-state index in [0.29, 0.717) is 17.3 Å². The number of nitrogens with zero attached hydrogens (tertiary/aromatic N) is 1. The lowest BCUT2D eigenvalue weighted by atomic mass is 10.0. The summed E-state index contributed by atoms with van der Waals surface area (Å²) in [6.07, 6.45) is 0. The van der Waals surface area contributed by atoms with Crippen LogP contribution in [0.25, 0.3) is 0 Å². The van der Waals surface area contributed by atoms with Gasteiger partial charge in [0.05, 0.1) is 5.71 Å². The maximum atomic E-state index is 12.0. The average Bonchev–Trinajstić information content (AvgIpc) is 2.57. The topological polar surface area (TPSA) is 76.7 Å². The fraction of sp³-hybridized carbons (Fsp3) is 0.300. The molecule has 2 aromatic carbocycles. The molecule has 5 nitrogen and oxygen atoms in total. The van der Waals surface area contributed by atoms with Crippen molar-refractivity contribution in [3.63, 3.8) is 0 Å². The number of amides is 1. The summed E-state index contributed by atoms with van der Waals surface area (Å²) in [7, 11) is 0. The highest BCUT2D eigenvalue weighted by atomic mass is 16.5. The molecule has 0 aliphatic rings. The Kier molecular flexibility index (Phi) is 6.17. The monoisotopic (exact) mass is 339 g/mol. The first-order chi connectivity index (χ1) is 11.9. The molecular formula is C20H25N3O2. The van der Waals surface area contributed by atoms with Crippen LogP contribution in [0.15, 0.2) is 47.6 Å². The third-order valence-electron chi connectivity index (χ3n) is 3.80. The molecule has 0 spiro atoms. The van der Waals surface area contributed by atoms with E-state index < -0.39 is 0 Å². The molecule has 1 amide bonds. The minimum Gasteiger partial charge on any atom is -0.483 e. The Labute approximate surface area is 148 Å². The Morgan fingerprint density at radius 3 is 2.68 bits per heavy atom. The molecule has 0 fully saturated rings. The van der Waals surface area contributed by atoms with E-state index in [4.69, 9.17) is 10.5 Å². The maximum absolute atomic E-state index is 12.0. The summed E-state index contributed by atoms with van der Waals surface area (Å²) in [4.78, 5) is 12.0. The number of nitrogens with one attached hydrogen (secondary N) is 1. The molecule has 132 valence electrons. The first-order valence-electron chi connectivity index (χ1n) is 8.29. The van der Waals surface area contributed by atoms with Crippen molar-refractivity contribution in [2.75, 3.05) is 12.3 Å². The minimum absolute atomic E-state index is 0.0864. The van der Waals surface area contributed by atoms with Crippen LogP contribution in [0.4, 0.5) is 5.69 Å². The van der Waals surface area contributed by atoms with E-state index in [1.54, 1.807) is 6.07 Å². The number of nitrogens with two attached hydrogens (primary N) is 1. The lowest BCUT2D eigenvalue weighted by Crippen LogP contribution is -2.26. The van der Waals surface area contributed by atoms with Gasteiger partial charge in [0.15, 0.2) is 6.61 Å². The van der Waals surface area contributed by atoms with Gasteiger partial charge in [0.1, 0.15) is 5.75 Å². The highest BCUT2D eigenvalue weighted by molar-refractivity contribution is 5.99. The fourth-order valence-electron chi connectivity index (χ4n) is 2.39. The molecule has 0 radical (unpaired) electrons. The molecule has 0 bridgehead atoms. The zero-order valence-corrected chi connectivity index (χ0v) is 15.2. The molecule has 2 rings (SSSR count). The minimum atomic E-state index is -0.306. The Morgan fingerprint density at radius 2 is 2.00 bits per heavy atom. The number of carbonyl (C=O) groups excluding carboxylic acids is 1. The van der Waals surface area contributed by atoms with Gasteiger partial charge in [-0.3, -0.25) is 4.79 Å². The summed E-state index contributed by atoms with van der Waals surface area (Å²) >= 11 is 0. The van der Waals surface area contributed by atoms with E-state index in [1.807, 2.05) is 50.2 Å². The van der Waals surface area contributed by atoms with Gasteiger partial charge >= 0.3 is 0 Å². The van der Waals surface area contributed by atoms with E-state index >= 15 is 0 Å². The van der Waals surface area contributed by atoms with Crippen LogP contribution in [0.1, 0.15) is 43.4 Å². The summed E-state index contributed by atoms with van der Waals surface area (Å²) in [6.45, 7) is 7.91. The van der Waals surface area contributed by atoms with Crippen molar-refractivity contribution in [3.8, 4) is 5.75 Å². The van der Waals surface area contributed by atoms with Gasteiger partial charge in [-0.1, -0.05) is 38.1 Å². The third-order valence-corrected chi connectivity index (χ3v) is 3.80. The fourth-order valence-corrected chi connectivity index (χ4v) is 2.39. The normalized spacial score (nSPS) is 11.5. The van der Waals surface area contributed by atoms with Crippen LogP contribution in [0.3, 0.4) is 0 Å². The molecule has 0 unspecified atom stereocenters. The second kappa shape index (κ2) is 8.33. The van der Waals surface area contributed by atoms with E-state index in [0.717, 1.165) is 22.4 Å².